The molecule has 6 heteroatoms. The maximum absolute atomic E-state index is 11.1. The Bertz CT molecular complexity index is 624. The fourth-order valence-corrected chi connectivity index (χ4v) is 3.97. The van der Waals surface area contributed by atoms with Crippen LogP contribution in [0.2, 0.25) is 0 Å². The Morgan fingerprint density at radius 2 is 1.81 bits per heavy atom. The number of ether oxygens (including phenoxy) is 5. The van der Waals surface area contributed by atoms with E-state index < -0.39 is 37.0 Å². The summed E-state index contributed by atoms with van der Waals surface area (Å²) >= 11 is 0. The van der Waals surface area contributed by atoms with Crippen LogP contribution in [0.15, 0.2) is 43.0 Å². The molecule has 174 valence electrons. The van der Waals surface area contributed by atoms with Crippen LogP contribution in [0.1, 0.15) is 63.7 Å². The molecule has 6 nitrogen and oxygen atoms in total. The first-order chi connectivity index (χ1) is 15.2. The van der Waals surface area contributed by atoms with Crippen LogP contribution >= 0.6 is 0 Å². The second-order valence-electron chi connectivity index (χ2n) is 8.26. The number of aliphatic hydroxyl groups is 1. The summed E-state index contributed by atoms with van der Waals surface area (Å²) in [7, 11) is 0. The molecule has 0 aliphatic carbocycles. The van der Waals surface area contributed by atoms with Crippen LogP contribution < -0.4 is 0 Å². The summed E-state index contributed by atoms with van der Waals surface area (Å²) in [5.74, 6) is 0. The van der Waals surface area contributed by atoms with Crippen LogP contribution in [0.4, 0.5) is 0 Å². The molecule has 0 spiro atoms. The van der Waals surface area contributed by atoms with E-state index in [1.54, 1.807) is 0 Å². The van der Waals surface area contributed by atoms with E-state index in [2.05, 4.69) is 13.5 Å². The van der Waals surface area contributed by atoms with Crippen LogP contribution in [-0.2, 0) is 23.7 Å². The minimum absolute atomic E-state index is 0.338. The van der Waals surface area contributed by atoms with Crippen LogP contribution in [0.3, 0.4) is 0 Å². The van der Waals surface area contributed by atoms with Crippen molar-refractivity contribution in [1.82, 2.24) is 0 Å². The highest BCUT2D eigenvalue weighted by Crippen LogP contribution is 2.35. The third-order valence-corrected chi connectivity index (χ3v) is 5.77. The Hall–Kier alpha value is -1.28. The molecule has 0 bridgehead atoms. The number of hydrogen-bond donors (Lipinski definition) is 1. The van der Waals surface area contributed by atoms with Gasteiger partial charge in [-0.15, -0.1) is 6.58 Å². The molecule has 0 radical (unpaired) electrons. The van der Waals surface area contributed by atoms with Crippen molar-refractivity contribution in [3.63, 3.8) is 0 Å². The Kier molecular flexibility index (Phi) is 10.5. The zero-order chi connectivity index (χ0) is 21.9. The van der Waals surface area contributed by atoms with Crippen LogP contribution in [0.5, 0.6) is 0 Å². The number of benzene rings is 1. The summed E-state index contributed by atoms with van der Waals surface area (Å²) in [6.45, 7) is 7.33. The monoisotopic (exact) mass is 434 g/mol. The van der Waals surface area contributed by atoms with Gasteiger partial charge < -0.3 is 28.8 Å². The van der Waals surface area contributed by atoms with Gasteiger partial charge in [0.1, 0.15) is 24.4 Å². The second kappa shape index (κ2) is 13.3. The molecule has 6 atom stereocenters. The molecule has 0 saturated carbocycles. The Balaban J connectivity index is 1.56. The molecule has 0 amide bonds. The number of aliphatic hydroxyl groups excluding tert-OH is 1. The first kappa shape index (κ1) is 24.4. The molecule has 1 aromatic carbocycles. The van der Waals surface area contributed by atoms with Gasteiger partial charge in [0.2, 0.25) is 0 Å². The van der Waals surface area contributed by atoms with Gasteiger partial charge in [0.15, 0.2) is 12.6 Å². The van der Waals surface area contributed by atoms with E-state index in [1.807, 2.05) is 36.4 Å². The van der Waals surface area contributed by atoms with Crippen molar-refractivity contribution in [1.29, 1.82) is 0 Å². The third-order valence-electron chi connectivity index (χ3n) is 5.77. The zero-order valence-corrected chi connectivity index (χ0v) is 18.7. The molecule has 31 heavy (non-hydrogen) atoms. The molecule has 3 unspecified atom stereocenters. The lowest BCUT2D eigenvalue weighted by Crippen LogP contribution is -2.63. The van der Waals surface area contributed by atoms with Gasteiger partial charge in [-0.05, 0) is 25.7 Å². The summed E-state index contributed by atoms with van der Waals surface area (Å²) in [6, 6.07) is 9.75. The number of allylic oxidation sites excluding steroid dienone is 1. The highest BCUT2D eigenvalue weighted by atomic mass is 16.8. The average Bonchev–Trinajstić information content (AvgIpc) is 2.81. The van der Waals surface area contributed by atoms with Gasteiger partial charge >= 0.3 is 0 Å². The van der Waals surface area contributed by atoms with E-state index in [9.17, 15) is 5.11 Å². The van der Waals surface area contributed by atoms with E-state index in [4.69, 9.17) is 23.7 Å². The van der Waals surface area contributed by atoms with Gasteiger partial charge in [-0.3, -0.25) is 0 Å². The number of fused-ring (bicyclic) bond motifs is 1. The summed E-state index contributed by atoms with van der Waals surface area (Å²) in [5.41, 5.74) is 0.923. The molecule has 2 aliphatic heterocycles. The van der Waals surface area contributed by atoms with Crippen LogP contribution in [0.25, 0.3) is 0 Å². The molecule has 1 N–H and O–H groups in total. The molecular weight excluding hydrogens is 396 g/mol. The fraction of sp³-hybridized carbons (Fsp3) is 0.680. The van der Waals surface area contributed by atoms with E-state index in [1.165, 1.54) is 0 Å². The molecule has 2 aliphatic rings. The highest BCUT2D eigenvalue weighted by Gasteiger charge is 2.50. The molecule has 0 aromatic heterocycles. The van der Waals surface area contributed by atoms with Crippen molar-refractivity contribution in [3.8, 4) is 0 Å². The largest absolute Gasteiger partial charge is 0.387 e. The molecule has 2 saturated heterocycles. The maximum atomic E-state index is 11.1. The number of unbranched alkanes of at least 4 members (excludes halogenated alkanes) is 5. The summed E-state index contributed by atoms with van der Waals surface area (Å²) in [6.07, 6.45) is 5.84. The quantitative estimate of drug-likeness (QED) is 0.364. The summed E-state index contributed by atoms with van der Waals surface area (Å²) in [4.78, 5) is 0. The third kappa shape index (κ3) is 7.11. The lowest BCUT2D eigenvalue weighted by atomic mass is 9.97. The Morgan fingerprint density at radius 1 is 1.03 bits per heavy atom. The van der Waals surface area contributed by atoms with Gasteiger partial charge in [-0.2, -0.15) is 0 Å². The van der Waals surface area contributed by atoms with Gasteiger partial charge in [0, 0.05) is 18.8 Å². The van der Waals surface area contributed by atoms with Crippen LogP contribution in [-0.4, -0.2) is 55.6 Å². The van der Waals surface area contributed by atoms with E-state index >= 15 is 0 Å². The van der Waals surface area contributed by atoms with E-state index in [0.29, 0.717) is 19.8 Å². The predicted octanol–water partition coefficient (Wildman–Crippen LogP) is 4.52. The van der Waals surface area contributed by atoms with Crippen molar-refractivity contribution in [3.05, 3.63) is 48.6 Å². The normalized spacial score (nSPS) is 30.6. The van der Waals surface area contributed by atoms with Gasteiger partial charge in [-0.25, -0.2) is 0 Å². The molecular formula is C25H38O6. The lowest BCUT2D eigenvalue weighted by molar-refractivity contribution is -0.366. The lowest BCUT2D eigenvalue weighted by Gasteiger charge is -2.47. The fourth-order valence-electron chi connectivity index (χ4n) is 3.97. The Labute approximate surface area is 186 Å². The average molecular weight is 435 g/mol. The number of rotatable bonds is 13. The van der Waals surface area contributed by atoms with Crippen molar-refractivity contribution in [2.24, 2.45) is 0 Å². The van der Waals surface area contributed by atoms with Crippen molar-refractivity contribution < 1.29 is 28.8 Å². The molecule has 3 rings (SSSR count). The van der Waals surface area contributed by atoms with Gasteiger partial charge in [0.05, 0.1) is 6.61 Å². The first-order valence-corrected chi connectivity index (χ1v) is 11.7. The standard InChI is InChI=1S/C25H38O6/c1-3-5-7-8-9-13-17-28-25-23(27-16-6-4-2)21(26)22-20(30-25)18-29-24(31-22)19-14-11-10-12-15-19/h3,10-12,14-15,20-26H,1,4-9,13,16-18H2,2H3/t20?,21?,22-,23-,24?,25+/m0/s1. The van der Waals surface area contributed by atoms with Crippen molar-refractivity contribution in [2.75, 3.05) is 19.8 Å². The minimum atomic E-state index is -0.844. The maximum Gasteiger partial charge on any atom is 0.186 e. The Morgan fingerprint density at radius 3 is 2.58 bits per heavy atom. The highest BCUT2D eigenvalue weighted by molar-refractivity contribution is 5.16. The number of hydrogen-bond acceptors (Lipinski definition) is 6. The van der Waals surface area contributed by atoms with Gasteiger partial charge in [-0.1, -0.05) is 62.6 Å². The van der Waals surface area contributed by atoms with Crippen molar-refractivity contribution in [2.45, 2.75) is 88.9 Å². The second-order valence-corrected chi connectivity index (χ2v) is 8.26. The van der Waals surface area contributed by atoms with Crippen molar-refractivity contribution >= 4 is 0 Å². The van der Waals surface area contributed by atoms with Crippen LogP contribution in [0, 0.1) is 0 Å². The summed E-state index contributed by atoms with van der Waals surface area (Å²) < 4.78 is 30.2. The van der Waals surface area contributed by atoms with E-state index in [0.717, 1.165) is 50.5 Å². The zero-order valence-electron chi connectivity index (χ0n) is 18.7. The first-order valence-electron chi connectivity index (χ1n) is 11.7. The van der Waals surface area contributed by atoms with E-state index in [-0.39, 0.29) is 0 Å². The SMILES string of the molecule is C=CCCCCCCO[C@@H]1OC2COC(c3ccccc3)O[C@@H]2C(O)[C@@H]1OCCCC. The minimum Gasteiger partial charge on any atom is -0.387 e. The molecule has 2 heterocycles. The molecule has 1 aromatic rings. The molecule has 2 fully saturated rings. The topological polar surface area (TPSA) is 66.4 Å². The smallest absolute Gasteiger partial charge is 0.186 e. The van der Waals surface area contributed by atoms with Gasteiger partial charge in [0.25, 0.3) is 0 Å². The summed E-state index contributed by atoms with van der Waals surface area (Å²) in [5, 5.41) is 11.1. The predicted molar refractivity (Wildman–Crippen MR) is 119 cm³/mol.